The Balaban J connectivity index is 1.18. The van der Waals surface area contributed by atoms with E-state index >= 15 is 0 Å². The first kappa shape index (κ1) is 29.8. The van der Waals surface area contributed by atoms with Crippen molar-refractivity contribution in [2.75, 3.05) is 30.0 Å². The Labute approximate surface area is 235 Å². The van der Waals surface area contributed by atoms with Gasteiger partial charge < -0.3 is 19.7 Å². The molecule has 228 valence electrons. The molecule has 11 nitrogen and oxygen atoms in total. The molecule has 3 aromatic rings. The standard InChI is InChI=1S/C25H28F6N8O3/c1-15(35-19-11-34-39(20-4-2-3-7-42-20)22(40)21(19)25(29,30)31)13-41-14-17-8-18-12-37(5-6-38(18)36-17)23-32-9-16(10-33-23)24(26,27)28/h8-11,15,20,35H,2-7,12-14H2,1H3/t15-,20?/m0/s1. The molecule has 0 aromatic carbocycles. The second kappa shape index (κ2) is 11.9. The van der Waals surface area contributed by atoms with E-state index < -0.39 is 47.0 Å². The van der Waals surface area contributed by atoms with E-state index in [9.17, 15) is 31.1 Å². The molecule has 1 unspecified atom stereocenters. The van der Waals surface area contributed by atoms with Gasteiger partial charge in [-0.25, -0.2) is 14.6 Å². The summed E-state index contributed by atoms with van der Waals surface area (Å²) in [4.78, 5) is 22.2. The van der Waals surface area contributed by atoms with E-state index in [1.54, 1.807) is 22.6 Å². The van der Waals surface area contributed by atoms with Crippen molar-refractivity contribution >= 4 is 11.6 Å². The molecule has 1 fully saturated rings. The first-order valence-corrected chi connectivity index (χ1v) is 13.2. The lowest BCUT2D eigenvalue weighted by molar-refractivity contribution is -0.139. The number of anilines is 2. The molecule has 0 bridgehead atoms. The van der Waals surface area contributed by atoms with Crippen molar-refractivity contribution in [1.82, 2.24) is 29.5 Å². The number of nitrogens with one attached hydrogen (secondary N) is 1. The zero-order valence-corrected chi connectivity index (χ0v) is 22.5. The van der Waals surface area contributed by atoms with Gasteiger partial charge in [-0.15, -0.1) is 0 Å². The Morgan fingerprint density at radius 1 is 1.10 bits per heavy atom. The summed E-state index contributed by atoms with van der Waals surface area (Å²) in [5.41, 5.74) is -2.65. The summed E-state index contributed by atoms with van der Waals surface area (Å²) < 4.78 is 93.6. The van der Waals surface area contributed by atoms with Crippen molar-refractivity contribution in [2.24, 2.45) is 0 Å². The fraction of sp³-hybridized carbons (Fsp3) is 0.560. The third kappa shape index (κ3) is 6.67. The summed E-state index contributed by atoms with van der Waals surface area (Å²) in [6, 6.07) is 1.16. The molecule has 1 saturated heterocycles. The van der Waals surface area contributed by atoms with Crippen LogP contribution in [-0.4, -0.2) is 55.3 Å². The number of alkyl halides is 6. The van der Waals surface area contributed by atoms with Crippen LogP contribution in [0.1, 0.15) is 54.9 Å². The summed E-state index contributed by atoms with van der Waals surface area (Å²) >= 11 is 0. The monoisotopic (exact) mass is 602 g/mol. The number of aromatic nitrogens is 6. The molecule has 0 spiro atoms. The van der Waals surface area contributed by atoms with Crippen LogP contribution >= 0.6 is 0 Å². The topological polar surface area (TPSA) is 112 Å². The highest BCUT2D eigenvalue weighted by molar-refractivity contribution is 5.50. The highest BCUT2D eigenvalue weighted by Crippen LogP contribution is 2.33. The molecule has 0 aliphatic carbocycles. The Morgan fingerprint density at radius 3 is 2.52 bits per heavy atom. The summed E-state index contributed by atoms with van der Waals surface area (Å²) in [6.45, 7) is 3.22. The molecule has 2 atom stereocenters. The molecule has 2 aliphatic heterocycles. The predicted molar refractivity (Wildman–Crippen MR) is 135 cm³/mol. The Bertz CT molecular complexity index is 1430. The lowest BCUT2D eigenvalue weighted by Crippen LogP contribution is -2.37. The number of halogens is 6. The van der Waals surface area contributed by atoms with Crippen LogP contribution < -0.4 is 15.8 Å². The van der Waals surface area contributed by atoms with E-state index in [4.69, 9.17) is 9.47 Å². The number of nitrogens with zero attached hydrogens (tertiary/aromatic N) is 7. The molecule has 5 rings (SSSR count). The summed E-state index contributed by atoms with van der Waals surface area (Å²) in [5.74, 6) is 0.166. The third-order valence-electron chi connectivity index (χ3n) is 6.83. The second-order valence-electron chi connectivity index (χ2n) is 10.1. The number of hydrogen-bond acceptors (Lipinski definition) is 9. The number of ether oxygens (including phenoxy) is 2. The maximum absolute atomic E-state index is 13.9. The quantitative estimate of drug-likeness (QED) is 0.383. The minimum absolute atomic E-state index is 0.000168. The van der Waals surface area contributed by atoms with E-state index in [1.807, 2.05) is 0 Å². The van der Waals surface area contributed by atoms with Gasteiger partial charge >= 0.3 is 12.4 Å². The van der Waals surface area contributed by atoms with Gasteiger partial charge in [-0.05, 0) is 32.3 Å². The summed E-state index contributed by atoms with van der Waals surface area (Å²) in [7, 11) is 0. The molecule has 42 heavy (non-hydrogen) atoms. The van der Waals surface area contributed by atoms with Crippen LogP contribution in [0.2, 0.25) is 0 Å². The predicted octanol–water partition coefficient (Wildman–Crippen LogP) is 4.00. The normalized spacial score (nSPS) is 18.5. The van der Waals surface area contributed by atoms with E-state index in [-0.39, 0.29) is 19.2 Å². The van der Waals surface area contributed by atoms with Crippen LogP contribution in [0.5, 0.6) is 0 Å². The summed E-state index contributed by atoms with van der Waals surface area (Å²) in [5, 5.41) is 11.1. The molecule has 2 aliphatic rings. The van der Waals surface area contributed by atoms with Crippen LogP contribution in [-0.2, 0) is 41.5 Å². The molecule has 0 radical (unpaired) electrons. The van der Waals surface area contributed by atoms with Gasteiger partial charge in [0, 0.05) is 31.6 Å². The SMILES string of the molecule is C[C@@H](COCc1cc2n(n1)CCN(c1ncc(C(F)(F)F)cn1)C2)Nc1cnn(C2CCCCO2)c(=O)c1C(F)(F)F. The third-order valence-corrected chi connectivity index (χ3v) is 6.83. The Hall–Kier alpha value is -3.73. The van der Waals surface area contributed by atoms with Crippen LogP contribution in [0.4, 0.5) is 38.0 Å². The Morgan fingerprint density at radius 2 is 1.86 bits per heavy atom. The van der Waals surface area contributed by atoms with Gasteiger partial charge in [-0.3, -0.25) is 9.48 Å². The van der Waals surface area contributed by atoms with E-state index in [2.05, 4.69) is 25.5 Å². The van der Waals surface area contributed by atoms with Crippen LogP contribution in [0.25, 0.3) is 0 Å². The van der Waals surface area contributed by atoms with Crippen molar-refractivity contribution in [3.05, 3.63) is 57.5 Å². The van der Waals surface area contributed by atoms with Gasteiger partial charge in [0.25, 0.3) is 5.56 Å². The first-order chi connectivity index (χ1) is 19.9. The van der Waals surface area contributed by atoms with Crippen molar-refractivity contribution in [1.29, 1.82) is 0 Å². The van der Waals surface area contributed by atoms with Gasteiger partial charge in [-0.2, -0.15) is 36.5 Å². The fourth-order valence-corrected chi connectivity index (χ4v) is 4.82. The maximum Gasteiger partial charge on any atom is 0.423 e. The molecule has 17 heteroatoms. The van der Waals surface area contributed by atoms with Gasteiger partial charge in [-0.1, -0.05) is 0 Å². The van der Waals surface area contributed by atoms with Gasteiger partial charge in [0.1, 0.15) is 5.56 Å². The smallest absolute Gasteiger partial charge is 0.378 e. The van der Waals surface area contributed by atoms with Crippen molar-refractivity contribution in [2.45, 2.75) is 70.5 Å². The highest BCUT2D eigenvalue weighted by Gasteiger charge is 2.39. The number of rotatable bonds is 8. The van der Waals surface area contributed by atoms with Crippen molar-refractivity contribution in [3.63, 3.8) is 0 Å². The van der Waals surface area contributed by atoms with Gasteiger partial charge in [0.05, 0.1) is 55.1 Å². The Kier molecular flexibility index (Phi) is 8.41. The van der Waals surface area contributed by atoms with Gasteiger partial charge in [0.15, 0.2) is 6.23 Å². The van der Waals surface area contributed by atoms with Crippen LogP contribution in [0.15, 0.2) is 29.5 Å². The molecule has 0 amide bonds. The fourth-order valence-electron chi connectivity index (χ4n) is 4.82. The largest absolute Gasteiger partial charge is 0.423 e. The molecule has 3 aromatic heterocycles. The van der Waals surface area contributed by atoms with E-state index in [0.717, 1.165) is 41.8 Å². The number of fused-ring (bicyclic) bond motifs is 1. The summed E-state index contributed by atoms with van der Waals surface area (Å²) in [6.07, 6.45) is -5.91. The first-order valence-electron chi connectivity index (χ1n) is 13.2. The molecule has 0 saturated carbocycles. The minimum Gasteiger partial charge on any atom is -0.378 e. The zero-order chi connectivity index (χ0) is 30.1. The average Bonchev–Trinajstić information content (AvgIpc) is 3.34. The maximum atomic E-state index is 13.9. The molecule has 1 N–H and O–H groups in total. The van der Waals surface area contributed by atoms with E-state index in [1.165, 1.54) is 0 Å². The lowest BCUT2D eigenvalue weighted by Gasteiger charge is -2.27. The lowest BCUT2D eigenvalue weighted by atomic mass is 10.1. The molecular weight excluding hydrogens is 574 g/mol. The highest BCUT2D eigenvalue weighted by atomic mass is 19.4. The van der Waals surface area contributed by atoms with Crippen molar-refractivity contribution < 1.29 is 35.8 Å². The zero-order valence-electron chi connectivity index (χ0n) is 22.5. The average molecular weight is 603 g/mol. The molecular formula is C25H28F6N8O3. The van der Waals surface area contributed by atoms with Crippen LogP contribution in [0, 0.1) is 0 Å². The van der Waals surface area contributed by atoms with Gasteiger partial charge in [0.2, 0.25) is 5.95 Å². The molecule has 5 heterocycles. The minimum atomic E-state index is -4.91. The van der Waals surface area contributed by atoms with Crippen molar-refractivity contribution in [3.8, 4) is 0 Å². The number of hydrogen-bond donors (Lipinski definition) is 1. The van der Waals surface area contributed by atoms with Crippen LogP contribution in [0.3, 0.4) is 0 Å². The van der Waals surface area contributed by atoms with E-state index in [0.29, 0.717) is 38.4 Å². The second-order valence-corrected chi connectivity index (χ2v) is 10.1.